The molecule has 1 saturated heterocycles. The van der Waals surface area contributed by atoms with E-state index in [1.807, 2.05) is 0 Å². The van der Waals surface area contributed by atoms with Crippen LogP contribution in [0.2, 0.25) is 5.02 Å². The van der Waals surface area contributed by atoms with Crippen LogP contribution in [0.5, 0.6) is 0 Å². The molecule has 0 unspecified atom stereocenters. The number of carbonyl (C=O) groups is 1. The number of nitrogens with two attached hydrogens (primary N) is 1. The van der Waals surface area contributed by atoms with Crippen LogP contribution >= 0.6 is 11.6 Å². The Kier molecular flexibility index (Phi) is 4.88. The third-order valence-electron chi connectivity index (χ3n) is 3.37. The largest absolute Gasteiger partial charge is 0.339 e. The number of benzene rings is 1. The van der Waals surface area contributed by atoms with E-state index in [1.165, 1.54) is 16.4 Å². The van der Waals surface area contributed by atoms with Crippen molar-refractivity contribution in [3.8, 4) is 0 Å². The molecule has 1 heterocycles. The highest BCUT2D eigenvalue weighted by molar-refractivity contribution is 7.89. The van der Waals surface area contributed by atoms with Crippen LogP contribution in [0.25, 0.3) is 0 Å². The molecule has 8 heteroatoms. The van der Waals surface area contributed by atoms with E-state index in [0.717, 1.165) is 0 Å². The molecule has 116 valence electrons. The molecule has 2 N–H and O–H groups in total. The standard InChI is InChI=1S/C13H18ClN3O3S/c1-10(15)13(18)16-5-7-17(8-6-16)21(19,20)12-4-2-3-11(14)9-12/h2-4,9-10H,5-8,15H2,1H3/t10-/m1/s1. The second kappa shape index (κ2) is 6.31. The van der Waals surface area contributed by atoms with Gasteiger partial charge in [0.15, 0.2) is 0 Å². The fourth-order valence-electron chi connectivity index (χ4n) is 2.21. The summed E-state index contributed by atoms with van der Waals surface area (Å²) in [5, 5.41) is 0.377. The summed E-state index contributed by atoms with van der Waals surface area (Å²) in [5.41, 5.74) is 5.56. The van der Waals surface area contributed by atoms with Gasteiger partial charge in [-0.05, 0) is 25.1 Å². The van der Waals surface area contributed by atoms with Gasteiger partial charge in [0, 0.05) is 31.2 Å². The van der Waals surface area contributed by atoms with Gasteiger partial charge < -0.3 is 10.6 Å². The first-order valence-corrected chi connectivity index (χ1v) is 8.44. The molecule has 1 aliphatic rings. The molecule has 1 fully saturated rings. The lowest BCUT2D eigenvalue weighted by molar-refractivity contribution is -0.133. The fraction of sp³-hybridized carbons (Fsp3) is 0.462. The van der Waals surface area contributed by atoms with Crippen molar-refractivity contribution >= 4 is 27.5 Å². The van der Waals surface area contributed by atoms with Gasteiger partial charge in [-0.1, -0.05) is 17.7 Å². The fourth-order valence-corrected chi connectivity index (χ4v) is 3.94. The van der Waals surface area contributed by atoms with Crippen LogP contribution in [-0.4, -0.2) is 55.8 Å². The lowest BCUT2D eigenvalue weighted by Crippen LogP contribution is -2.53. The van der Waals surface area contributed by atoms with E-state index >= 15 is 0 Å². The number of halogens is 1. The molecule has 0 aliphatic carbocycles. The highest BCUT2D eigenvalue weighted by Crippen LogP contribution is 2.20. The first kappa shape index (κ1) is 16.2. The molecule has 0 saturated carbocycles. The van der Waals surface area contributed by atoms with Crippen molar-refractivity contribution in [1.29, 1.82) is 0 Å². The van der Waals surface area contributed by atoms with Crippen LogP contribution in [0.15, 0.2) is 29.2 Å². The van der Waals surface area contributed by atoms with Gasteiger partial charge in [0.2, 0.25) is 15.9 Å². The highest BCUT2D eigenvalue weighted by atomic mass is 35.5. The Labute approximate surface area is 129 Å². The van der Waals surface area contributed by atoms with Gasteiger partial charge in [-0.2, -0.15) is 4.31 Å². The number of hydrogen-bond acceptors (Lipinski definition) is 4. The second-order valence-electron chi connectivity index (χ2n) is 4.98. The average molecular weight is 332 g/mol. The molecule has 1 aromatic carbocycles. The average Bonchev–Trinajstić information content (AvgIpc) is 2.46. The van der Waals surface area contributed by atoms with Gasteiger partial charge in [0.1, 0.15) is 0 Å². The molecule has 0 spiro atoms. The predicted molar refractivity (Wildman–Crippen MR) is 80.4 cm³/mol. The van der Waals surface area contributed by atoms with Gasteiger partial charge in [0.25, 0.3) is 0 Å². The number of piperazine rings is 1. The lowest BCUT2D eigenvalue weighted by Gasteiger charge is -2.34. The number of rotatable bonds is 3. The monoisotopic (exact) mass is 331 g/mol. The zero-order chi connectivity index (χ0) is 15.6. The summed E-state index contributed by atoms with van der Waals surface area (Å²) in [4.78, 5) is 13.5. The van der Waals surface area contributed by atoms with Crippen LogP contribution < -0.4 is 5.73 Å². The molecule has 1 aromatic rings. The first-order chi connectivity index (χ1) is 9.82. The number of amides is 1. The minimum absolute atomic E-state index is 0.158. The number of hydrogen-bond donors (Lipinski definition) is 1. The Morgan fingerprint density at radius 2 is 1.90 bits per heavy atom. The van der Waals surface area contributed by atoms with Gasteiger partial charge in [0.05, 0.1) is 10.9 Å². The van der Waals surface area contributed by atoms with Crippen LogP contribution in [0.1, 0.15) is 6.92 Å². The molecule has 0 aromatic heterocycles. The maximum absolute atomic E-state index is 12.5. The Morgan fingerprint density at radius 3 is 2.43 bits per heavy atom. The van der Waals surface area contributed by atoms with Crippen LogP contribution in [-0.2, 0) is 14.8 Å². The molecular formula is C13H18ClN3O3S. The number of sulfonamides is 1. The summed E-state index contributed by atoms with van der Waals surface area (Å²) in [7, 11) is -3.57. The molecule has 1 atom stereocenters. The number of nitrogens with zero attached hydrogens (tertiary/aromatic N) is 2. The van der Waals surface area contributed by atoms with Gasteiger partial charge in [-0.15, -0.1) is 0 Å². The summed E-state index contributed by atoms with van der Waals surface area (Å²) in [6.07, 6.45) is 0. The van der Waals surface area contributed by atoms with Crippen molar-refractivity contribution in [1.82, 2.24) is 9.21 Å². The van der Waals surface area contributed by atoms with E-state index < -0.39 is 16.1 Å². The van der Waals surface area contributed by atoms with Gasteiger partial charge in [-0.3, -0.25) is 4.79 Å². The third kappa shape index (κ3) is 3.55. The topological polar surface area (TPSA) is 83.7 Å². The lowest BCUT2D eigenvalue weighted by atomic mass is 10.2. The van der Waals surface area contributed by atoms with E-state index in [4.69, 9.17) is 17.3 Å². The Bertz CT molecular complexity index is 625. The smallest absolute Gasteiger partial charge is 0.243 e. The summed E-state index contributed by atoms with van der Waals surface area (Å²) in [6, 6.07) is 5.60. The van der Waals surface area contributed by atoms with Crippen molar-refractivity contribution in [2.24, 2.45) is 5.73 Å². The maximum atomic E-state index is 12.5. The maximum Gasteiger partial charge on any atom is 0.243 e. The van der Waals surface area contributed by atoms with Crippen LogP contribution in [0.4, 0.5) is 0 Å². The van der Waals surface area contributed by atoms with E-state index in [0.29, 0.717) is 18.1 Å². The third-order valence-corrected chi connectivity index (χ3v) is 5.50. The van der Waals surface area contributed by atoms with Crippen LogP contribution in [0.3, 0.4) is 0 Å². The van der Waals surface area contributed by atoms with Gasteiger partial charge in [-0.25, -0.2) is 8.42 Å². The predicted octanol–water partition coefficient (Wildman–Crippen LogP) is 0.520. The van der Waals surface area contributed by atoms with Crippen molar-refractivity contribution in [2.45, 2.75) is 17.9 Å². The molecular weight excluding hydrogens is 314 g/mol. The van der Waals surface area contributed by atoms with Crippen molar-refractivity contribution in [2.75, 3.05) is 26.2 Å². The molecule has 2 rings (SSSR count). The summed E-state index contributed by atoms with van der Waals surface area (Å²) in [6.45, 7) is 2.83. The van der Waals surface area contributed by atoms with E-state index in [9.17, 15) is 13.2 Å². The molecule has 1 aliphatic heterocycles. The summed E-state index contributed by atoms with van der Waals surface area (Å²) >= 11 is 5.84. The number of carbonyl (C=O) groups excluding carboxylic acids is 1. The highest BCUT2D eigenvalue weighted by Gasteiger charge is 2.30. The normalized spacial score (nSPS) is 18.5. The Hall–Kier alpha value is -1.15. The van der Waals surface area contributed by atoms with E-state index in [-0.39, 0.29) is 23.9 Å². The molecule has 0 radical (unpaired) electrons. The minimum Gasteiger partial charge on any atom is -0.339 e. The molecule has 21 heavy (non-hydrogen) atoms. The molecule has 6 nitrogen and oxygen atoms in total. The molecule has 1 amide bonds. The van der Waals surface area contributed by atoms with Crippen molar-refractivity contribution in [3.05, 3.63) is 29.3 Å². The Morgan fingerprint density at radius 1 is 1.29 bits per heavy atom. The SMILES string of the molecule is C[C@@H](N)C(=O)N1CCN(S(=O)(=O)c2cccc(Cl)c2)CC1. The van der Waals surface area contributed by atoms with Crippen molar-refractivity contribution in [3.63, 3.8) is 0 Å². The summed E-state index contributed by atoms with van der Waals surface area (Å²) < 4.78 is 26.3. The summed E-state index contributed by atoms with van der Waals surface area (Å²) in [5.74, 6) is -0.158. The van der Waals surface area contributed by atoms with Crippen LogP contribution in [0, 0.1) is 0 Å². The van der Waals surface area contributed by atoms with E-state index in [1.54, 1.807) is 24.0 Å². The quantitative estimate of drug-likeness (QED) is 0.875. The molecule has 0 bridgehead atoms. The Balaban J connectivity index is 2.10. The second-order valence-corrected chi connectivity index (χ2v) is 7.35. The minimum atomic E-state index is -3.57. The zero-order valence-electron chi connectivity index (χ0n) is 11.7. The van der Waals surface area contributed by atoms with E-state index in [2.05, 4.69) is 0 Å². The zero-order valence-corrected chi connectivity index (χ0v) is 13.3. The first-order valence-electron chi connectivity index (χ1n) is 6.62. The van der Waals surface area contributed by atoms with Crippen molar-refractivity contribution < 1.29 is 13.2 Å². The van der Waals surface area contributed by atoms with Gasteiger partial charge >= 0.3 is 0 Å².